The summed E-state index contributed by atoms with van der Waals surface area (Å²) in [5.74, 6) is -0.196. The molecule has 0 N–H and O–H groups in total. The maximum absolute atomic E-state index is 13.2. The summed E-state index contributed by atoms with van der Waals surface area (Å²) in [6.45, 7) is 3.67. The minimum atomic E-state index is -0.196. The number of rotatable bonds is 1. The Morgan fingerprint density at radius 3 is 2.58 bits per heavy atom. The summed E-state index contributed by atoms with van der Waals surface area (Å²) in [5.41, 5.74) is 2.25. The predicted octanol–water partition coefficient (Wildman–Crippen LogP) is 2.57. The molecule has 1 aromatic rings. The summed E-state index contributed by atoms with van der Waals surface area (Å²) >= 11 is 0. The Bertz CT molecular complexity index is 316. The summed E-state index contributed by atoms with van der Waals surface area (Å²) < 4.78 is 13.2. The molecule has 0 unspecified atom stereocenters. The number of aryl methyl sites for hydroxylation is 1. The van der Waals surface area contributed by atoms with Crippen LogP contribution in [0.25, 0.3) is 0 Å². The molecule has 12 heavy (non-hydrogen) atoms. The molecule has 0 amide bonds. The van der Waals surface area contributed by atoms with Gasteiger partial charge in [0.25, 0.3) is 0 Å². The van der Waals surface area contributed by atoms with Crippen LogP contribution in [0.5, 0.6) is 0 Å². The van der Waals surface area contributed by atoms with Crippen molar-refractivity contribution in [1.29, 1.82) is 0 Å². The number of halogens is 1. The minimum absolute atomic E-state index is 0.196. The number of hydrogen-bond donors (Lipinski definition) is 0. The second kappa shape index (κ2) is 3.48. The van der Waals surface area contributed by atoms with E-state index in [1.807, 2.05) is 13.0 Å². The highest BCUT2D eigenvalue weighted by atomic mass is 19.1. The first kappa shape index (κ1) is 8.91. The number of hydrogen-bond acceptors (Lipinski definition) is 1. The van der Waals surface area contributed by atoms with Gasteiger partial charge in [0.15, 0.2) is 0 Å². The average Bonchev–Trinajstić information content (AvgIpc) is 2.03. The van der Waals surface area contributed by atoms with Gasteiger partial charge in [-0.1, -0.05) is 6.07 Å². The Kier molecular flexibility index (Phi) is 2.58. The molecule has 0 atom stereocenters. The molecular formula is C10H12FN. The third-order valence-corrected chi connectivity index (χ3v) is 1.85. The molecule has 2 heteroatoms. The minimum Gasteiger partial charge on any atom is -0.293 e. The molecule has 0 saturated carbocycles. The quantitative estimate of drug-likeness (QED) is 0.567. The SMILES string of the molecule is CN=C(C)c1ccc(C)cc1F. The molecule has 1 nitrogen and oxygen atoms in total. The smallest absolute Gasteiger partial charge is 0.132 e. The van der Waals surface area contributed by atoms with Crippen LogP contribution in [0.1, 0.15) is 18.1 Å². The normalized spacial score (nSPS) is 11.8. The lowest BCUT2D eigenvalue weighted by atomic mass is 10.1. The Morgan fingerprint density at radius 1 is 1.42 bits per heavy atom. The Hall–Kier alpha value is -1.18. The van der Waals surface area contributed by atoms with Crippen LogP contribution in [-0.4, -0.2) is 12.8 Å². The van der Waals surface area contributed by atoms with Crippen molar-refractivity contribution in [2.45, 2.75) is 13.8 Å². The molecule has 0 fully saturated rings. The molecule has 64 valence electrons. The maximum Gasteiger partial charge on any atom is 0.132 e. The van der Waals surface area contributed by atoms with Gasteiger partial charge in [-0.05, 0) is 31.5 Å². The highest BCUT2D eigenvalue weighted by molar-refractivity contribution is 5.98. The van der Waals surface area contributed by atoms with Crippen molar-refractivity contribution in [3.8, 4) is 0 Å². The largest absolute Gasteiger partial charge is 0.293 e. The van der Waals surface area contributed by atoms with E-state index in [0.29, 0.717) is 5.56 Å². The zero-order valence-corrected chi connectivity index (χ0v) is 7.56. The molecule has 1 aromatic carbocycles. The molecule has 0 aliphatic heterocycles. The van der Waals surface area contributed by atoms with Crippen LogP contribution in [0, 0.1) is 12.7 Å². The monoisotopic (exact) mass is 165 g/mol. The number of aliphatic imine (C=N–C) groups is 1. The topological polar surface area (TPSA) is 12.4 Å². The second-order valence-electron chi connectivity index (χ2n) is 2.79. The van der Waals surface area contributed by atoms with Gasteiger partial charge in [-0.3, -0.25) is 4.99 Å². The van der Waals surface area contributed by atoms with Crippen molar-refractivity contribution in [2.75, 3.05) is 7.05 Å². The van der Waals surface area contributed by atoms with Crippen LogP contribution in [0.4, 0.5) is 4.39 Å². The average molecular weight is 165 g/mol. The fraction of sp³-hybridized carbons (Fsp3) is 0.300. The van der Waals surface area contributed by atoms with Crippen LogP contribution >= 0.6 is 0 Å². The second-order valence-corrected chi connectivity index (χ2v) is 2.79. The predicted molar refractivity (Wildman–Crippen MR) is 49.3 cm³/mol. The molecule has 0 aliphatic rings. The highest BCUT2D eigenvalue weighted by Gasteiger charge is 2.03. The highest BCUT2D eigenvalue weighted by Crippen LogP contribution is 2.10. The Balaban J connectivity index is 3.18. The number of nitrogens with zero attached hydrogens (tertiary/aromatic N) is 1. The molecule has 0 spiro atoms. The van der Waals surface area contributed by atoms with Crippen molar-refractivity contribution in [2.24, 2.45) is 4.99 Å². The van der Waals surface area contributed by atoms with E-state index in [0.717, 1.165) is 11.3 Å². The first-order valence-corrected chi connectivity index (χ1v) is 3.85. The third kappa shape index (κ3) is 1.70. The molecule has 0 saturated heterocycles. The summed E-state index contributed by atoms with van der Waals surface area (Å²) in [4.78, 5) is 3.93. The fourth-order valence-corrected chi connectivity index (χ4v) is 1.03. The molecule has 1 rings (SSSR count). The summed E-state index contributed by atoms with van der Waals surface area (Å²) in [6.07, 6.45) is 0. The van der Waals surface area contributed by atoms with Crippen molar-refractivity contribution < 1.29 is 4.39 Å². The summed E-state index contributed by atoms with van der Waals surface area (Å²) in [6, 6.07) is 5.16. The lowest BCUT2D eigenvalue weighted by Gasteiger charge is -2.01. The van der Waals surface area contributed by atoms with E-state index in [9.17, 15) is 4.39 Å². The van der Waals surface area contributed by atoms with Gasteiger partial charge in [0.1, 0.15) is 5.82 Å². The van der Waals surface area contributed by atoms with Crippen LogP contribution in [0.15, 0.2) is 23.2 Å². The van der Waals surface area contributed by atoms with Crippen molar-refractivity contribution in [3.63, 3.8) is 0 Å². The first-order chi connectivity index (χ1) is 5.65. The van der Waals surface area contributed by atoms with Gasteiger partial charge in [-0.25, -0.2) is 4.39 Å². The van der Waals surface area contributed by atoms with E-state index < -0.39 is 0 Å². The molecule has 0 radical (unpaired) electrons. The first-order valence-electron chi connectivity index (χ1n) is 3.85. The molecular weight excluding hydrogens is 153 g/mol. The van der Waals surface area contributed by atoms with Crippen LogP contribution in [0.2, 0.25) is 0 Å². The fourth-order valence-electron chi connectivity index (χ4n) is 1.03. The van der Waals surface area contributed by atoms with E-state index in [1.54, 1.807) is 20.0 Å². The molecule has 0 heterocycles. The van der Waals surface area contributed by atoms with Gasteiger partial charge in [0.2, 0.25) is 0 Å². The Morgan fingerprint density at radius 2 is 2.08 bits per heavy atom. The molecule has 0 bridgehead atoms. The van der Waals surface area contributed by atoms with Crippen LogP contribution in [-0.2, 0) is 0 Å². The van der Waals surface area contributed by atoms with Gasteiger partial charge < -0.3 is 0 Å². The van der Waals surface area contributed by atoms with Crippen molar-refractivity contribution in [1.82, 2.24) is 0 Å². The van der Waals surface area contributed by atoms with Gasteiger partial charge >= 0.3 is 0 Å². The Labute approximate surface area is 72.0 Å². The van der Waals surface area contributed by atoms with Gasteiger partial charge in [-0.2, -0.15) is 0 Å². The zero-order valence-electron chi connectivity index (χ0n) is 7.56. The van der Waals surface area contributed by atoms with Crippen molar-refractivity contribution in [3.05, 3.63) is 35.1 Å². The van der Waals surface area contributed by atoms with E-state index in [-0.39, 0.29) is 5.82 Å². The molecule has 0 aromatic heterocycles. The van der Waals surface area contributed by atoms with E-state index >= 15 is 0 Å². The van der Waals surface area contributed by atoms with E-state index in [4.69, 9.17) is 0 Å². The van der Waals surface area contributed by atoms with Gasteiger partial charge in [0.05, 0.1) is 0 Å². The maximum atomic E-state index is 13.2. The summed E-state index contributed by atoms with van der Waals surface area (Å²) in [5, 5.41) is 0. The zero-order chi connectivity index (χ0) is 9.14. The summed E-state index contributed by atoms with van der Waals surface area (Å²) in [7, 11) is 1.66. The van der Waals surface area contributed by atoms with Gasteiger partial charge in [0, 0.05) is 18.3 Å². The van der Waals surface area contributed by atoms with Crippen molar-refractivity contribution >= 4 is 5.71 Å². The number of benzene rings is 1. The third-order valence-electron chi connectivity index (χ3n) is 1.85. The van der Waals surface area contributed by atoms with Gasteiger partial charge in [-0.15, -0.1) is 0 Å². The van der Waals surface area contributed by atoms with E-state index in [1.165, 1.54) is 6.07 Å². The van der Waals surface area contributed by atoms with E-state index in [2.05, 4.69) is 4.99 Å². The standard InChI is InChI=1S/C10H12FN/c1-7-4-5-9(8(2)12-3)10(11)6-7/h4-6H,1-3H3. The van der Waals surface area contributed by atoms with Crippen LogP contribution in [0.3, 0.4) is 0 Å². The van der Waals surface area contributed by atoms with Crippen LogP contribution < -0.4 is 0 Å². The lowest BCUT2D eigenvalue weighted by Crippen LogP contribution is -1.98. The lowest BCUT2D eigenvalue weighted by molar-refractivity contribution is 0.624. The molecule has 0 aliphatic carbocycles.